The SMILES string of the molecule is COc1cc(C(C)CCN)c(Br)c2cc(C)oc12. The maximum absolute atomic E-state index is 5.69. The van der Waals surface area contributed by atoms with Crippen LogP contribution in [0.4, 0.5) is 0 Å². The summed E-state index contributed by atoms with van der Waals surface area (Å²) in [6.07, 6.45) is 0.949. The van der Waals surface area contributed by atoms with Crippen LogP contribution in [0.1, 0.15) is 30.6 Å². The fraction of sp³-hybridized carbons (Fsp3) is 0.429. The molecule has 1 aromatic heterocycles. The van der Waals surface area contributed by atoms with Crippen molar-refractivity contribution in [2.45, 2.75) is 26.2 Å². The van der Waals surface area contributed by atoms with Crippen molar-refractivity contribution < 1.29 is 9.15 Å². The molecule has 1 aromatic carbocycles. The van der Waals surface area contributed by atoms with Gasteiger partial charge in [0.05, 0.1) is 7.11 Å². The van der Waals surface area contributed by atoms with Crippen LogP contribution in [0.3, 0.4) is 0 Å². The van der Waals surface area contributed by atoms with Gasteiger partial charge in [-0.05, 0) is 59.4 Å². The molecule has 98 valence electrons. The van der Waals surface area contributed by atoms with E-state index in [1.54, 1.807) is 7.11 Å². The summed E-state index contributed by atoms with van der Waals surface area (Å²) in [6.45, 7) is 4.79. The van der Waals surface area contributed by atoms with Crippen LogP contribution in [0.2, 0.25) is 0 Å². The molecule has 1 heterocycles. The molecule has 0 fully saturated rings. The molecular weight excluding hydrogens is 294 g/mol. The maximum Gasteiger partial charge on any atom is 0.177 e. The molecule has 1 unspecified atom stereocenters. The number of halogens is 1. The summed E-state index contributed by atoms with van der Waals surface area (Å²) in [5.41, 5.74) is 7.65. The summed E-state index contributed by atoms with van der Waals surface area (Å²) in [5.74, 6) is 2.05. The van der Waals surface area contributed by atoms with Gasteiger partial charge >= 0.3 is 0 Å². The molecule has 1 atom stereocenters. The normalized spacial score (nSPS) is 12.9. The van der Waals surface area contributed by atoms with Gasteiger partial charge in [-0.1, -0.05) is 6.92 Å². The van der Waals surface area contributed by atoms with Crippen molar-refractivity contribution in [2.24, 2.45) is 5.73 Å². The van der Waals surface area contributed by atoms with E-state index in [2.05, 4.69) is 22.9 Å². The number of rotatable bonds is 4. The van der Waals surface area contributed by atoms with Gasteiger partial charge in [0.1, 0.15) is 5.76 Å². The molecule has 0 aliphatic carbocycles. The minimum atomic E-state index is 0.387. The van der Waals surface area contributed by atoms with E-state index < -0.39 is 0 Å². The zero-order valence-electron chi connectivity index (χ0n) is 10.9. The van der Waals surface area contributed by atoms with Gasteiger partial charge in [-0.2, -0.15) is 0 Å². The highest BCUT2D eigenvalue weighted by atomic mass is 79.9. The van der Waals surface area contributed by atoms with Gasteiger partial charge in [0.2, 0.25) is 0 Å². The molecule has 2 rings (SSSR count). The summed E-state index contributed by atoms with van der Waals surface area (Å²) in [4.78, 5) is 0. The van der Waals surface area contributed by atoms with Crippen LogP contribution in [0.5, 0.6) is 5.75 Å². The molecule has 0 amide bonds. The van der Waals surface area contributed by atoms with Gasteiger partial charge in [-0.3, -0.25) is 0 Å². The molecular formula is C14H18BrNO2. The van der Waals surface area contributed by atoms with E-state index in [1.807, 2.05) is 19.1 Å². The lowest BCUT2D eigenvalue weighted by Crippen LogP contribution is -2.05. The van der Waals surface area contributed by atoms with E-state index in [0.717, 1.165) is 33.4 Å². The largest absolute Gasteiger partial charge is 0.493 e. The predicted molar refractivity (Wildman–Crippen MR) is 77.3 cm³/mol. The molecule has 0 saturated carbocycles. The lowest BCUT2D eigenvalue weighted by atomic mass is 9.96. The Morgan fingerprint density at radius 2 is 2.17 bits per heavy atom. The Labute approximate surface area is 115 Å². The van der Waals surface area contributed by atoms with Crippen LogP contribution >= 0.6 is 15.9 Å². The van der Waals surface area contributed by atoms with Crippen LogP contribution in [0, 0.1) is 6.92 Å². The average Bonchev–Trinajstić information content (AvgIpc) is 2.72. The second-order valence-electron chi connectivity index (χ2n) is 4.56. The van der Waals surface area contributed by atoms with Crippen molar-refractivity contribution >= 4 is 26.9 Å². The van der Waals surface area contributed by atoms with Crippen molar-refractivity contribution in [3.63, 3.8) is 0 Å². The molecule has 18 heavy (non-hydrogen) atoms. The first-order valence-electron chi connectivity index (χ1n) is 6.05. The number of hydrogen-bond donors (Lipinski definition) is 1. The highest BCUT2D eigenvalue weighted by molar-refractivity contribution is 9.10. The average molecular weight is 312 g/mol. The van der Waals surface area contributed by atoms with E-state index in [4.69, 9.17) is 14.9 Å². The lowest BCUT2D eigenvalue weighted by molar-refractivity contribution is 0.407. The molecule has 0 spiro atoms. The number of furan rings is 1. The molecule has 0 aliphatic rings. The molecule has 0 bridgehead atoms. The molecule has 0 aliphatic heterocycles. The minimum absolute atomic E-state index is 0.387. The lowest BCUT2D eigenvalue weighted by Gasteiger charge is -2.15. The van der Waals surface area contributed by atoms with E-state index >= 15 is 0 Å². The first-order chi connectivity index (χ1) is 8.58. The van der Waals surface area contributed by atoms with Crippen molar-refractivity contribution in [3.8, 4) is 5.75 Å². The Hall–Kier alpha value is -1.00. The Morgan fingerprint density at radius 3 is 2.78 bits per heavy atom. The van der Waals surface area contributed by atoms with Crippen LogP contribution in [-0.2, 0) is 0 Å². The number of hydrogen-bond acceptors (Lipinski definition) is 3. The fourth-order valence-electron chi connectivity index (χ4n) is 2.20. The van der Waals surface area contributed by atoms with E-state index in [9.17, 15) is 0 Å². The van der Waals surface area contributed by atoms with Crippen molar-refractivity contribution in [1.29, 1.82) is 0 Å². The second kappa shape index (κ2) is 5.33. The van der Waals surface area contributed by atoms with Crippen molar-refractivity contribution in [3.05, 3.63) is 27.9 Å². The molecule has 4 heteroatoms. The Morgan fingerprint density at radius 1 is 1.44 bits per heavy atom. The summed E-state index contributed by atoms with van der Waals surface area (Å²) in [6, 6.07) is 4.07. The summed E-state index contributed by atoms with van der Waals surface area (Å²) >= 11 is 3.67. The zero-order chi connectivity index (χ0) is 13.3. The third-order valence-corrected chi connectivity index (χ3v) is 4.09. The van der Waals surface area contributed by atoms with Crippen molar-refractivity contribution in [1.82, 2.24) is 0 Å². The van der Waals surface area contributed by atoms with Gasteiger partial charge in [0, 0.05) is 9.86 Å². The number of ether oxygens (including phenoxy) is 1. The quantitative estimate of drug-likeness (QED) is 0.929. The molecule has 3 nitrogen and oxygen atoms in total. The van der Waals surface area contributed by atoms with Crippen molar-refractivity contribution in [2.75, 3.05) is 13.7 Å². The topological polar surface area (TPSA) is 48.4 Å². The van der Waals surface area contributed by atoms with Crippen LogP contribution in [0.25, 0.3) is 11.0 Å². The number of aryl methyl sites for hydroxylation is 1. The molecule has 2 N–H and O–H groups in total. The van der Waals surface area contributed by atoms with Gasteiger partial charge in [0.15, 0.2) is 11.3 Å². The summed E-state index contributed by atoms with van der Waals surface area (Å²) < 4.78 is 12.2. The van der Waals surface area contributed by atoms with Gasteiger partial charge < -0.3 is 14.9 Å². The van der Waals surface area contributed by atoms with E-state index in [-0.39, 0.29) is 0 Å². The third-order valence-electron chi connectivity index (χ3n) is 3.21. The van der Waals surface area contributed by atoms with E-state index in [0.29, 0.717) is 12.5 Å². The highest BCUT2D eigenvalue weighted by Crippen LogP contribution is 2.40. The van der Waals surface area contributed by atoms with Crippen LogP contribution in [-0.4, -0.2) is 13.7 Å². The fourth-order valence-corrected chi connectivity index (χ4v) is 3.00. The highest BCUT2D eigenvalue weighted by Gasteiger charge is 2.18. The smallest absolute Gasteiger partial charge is 0.177 e. The Bertz CT molecular complexity index is 562. The van der Waals surface area contributed by atoms with Crippen LogP contribution in [0.15, 0.2) is 21.0 Å². The zero-order valence-corrected chi connectivity index (χ0v) is 12.5. The first-order valence-corrected chi connectivity index (χ1v) is 6.84. The van der Waals surface area contributed by atoms with Gasteiger partial charge in [0.25, 0.3) is 0 Å². The first kappa shape index (κ1) is 13.4. The molecule has 0 saturated heterocycles. The molecule has 0 radical (unpaired) electrons. The predicted octanol–water partition coefficient (Wildman–Crippen LogP) is 3.96. The third kappa shape index (κ3) is 2.27. The summed E-state index contributed by atoms with van der Waals surface area (Å²) in [5, 5.41) is 1.06. The number of benzene rings is 1. The number of fused-ring (bicyclic) bond motifs is 1. The Kier molecular flexibility index (Phi) is 3.97. The number of nitrogens with two attached hydrogens (primary N) is 1. The van der Waals surface area contributed by atoms with Gasteiger partial charge in [-0.15, -0.1) is 0 Å². The van der Waals surface area contributed by atoms with Gasteiger partial charge in [-0.25, -0.2) is 0 Å². The standard InChI is InChI=1S/C14H18BrNO2/c1-8(4-5-16)10-7-12(17-3)14-11(13(10)15)6-9(2)18-14/h6-8H,4-5,16H2,1-3H3. The maximum atomic E-state index is 5.69. The van der Waals surface area contributed by atoms with Crippen LogP contribution < -0.4 is 10.5 Å². The van der Waals surface area contributed by atoms with E-state index in [1.165, 1.54) is 5.56 Å². The monoisotopic (exact) mass is 311 g/mol. The number of methoxy groups -OCH3 is 1. The Balaban J connectivity index is 2.64. The molecule has 2 aromatic rings. The second-order valence-corrected chi connectivity index (χ2v) is 5.35. The minimum Gasteiger partial charge on any atom is -0.493 e. The summed E-state index contributed by atoms with van der Waals surface area (Å²) in [7, 11) is 1.66.